The van der Waals surface area contributed by atoms with Crippen LogP contribution in [0.15, 0.2) is 24.3 Å². The molecule has 0 saturated heterocycles. The normalized spacial score (nSPS) is 28.8. The highest BCUT2D eigenvalue weighted by Crippen LogP contribution is 2.61. The molecule has 1 aromatic rings. The molecule has 174 valence electrons. The summed E-state index contributed by atoms with van der Waals surface area (Å²) in [7, 11) is 0. The molecule has 0 radical (unpaired) electrons. The second kappa shape index (κ2) is 9.82. The third-order valence-electron chi connectivity index (χ3n) is 7.70. The van der Waals surface area contributed by atoms with Crippen molar-refractivity contribution in [1.29, 1.82) is 0 Å². The van der Waals surface area contributed by atoms with Crippen LogP contribution < -0.4 is 10.6 Å². The summed E-state index contributed by atoms with van der Waals surface area (Å²) < 4.78 is 5.15. The van der Waals surface area contributed by atoms with E-state index in [1.807, 2.05) is 0 Å². The summed E-state index contributed by atoms with van der Waals surface area (Å²) in [6.07, 6.45) is 8.39. The summed E-state index contributed by atoms with van der Waals surface area (Å²) >= 11 is 5.82. The molecule has 32 heavy (non-hydrogen) atoms. The van der Waals surface area contributed by atoms with Gasteiger partial charge in [0.25, 0.3) is 11.8 Å². The molecular weight excluding hydrogens is 428 g/mol. The summed E-state index contributed by atoms with van der Waals surface area (Å²) in [5.41, 5.74) is 0.748. The van der Waals surface area contributed by atoms with E-state index in [0.29, 0.717) is 23.6 Å². The Morgan fingerprint density at radius 3 is 2.25 bits per heavy atom. The molecular formula is C25H33ClN2O4. The summed E-state index contributed by atoms with van der Waals surface area (Å²) in [6, 6.07) is 6.72. The number of halogens is 1. The van der Waals surface area contributed by atoms with Gasteiger partial charge in [-0.05, 0) is 99.3 Å². The molecule has 0 unspecified atom stereocenters. The van der Waals surface area contributed by atoms with Crippen LogP contribution in [-0.4, -0.2) is 37.0 Å². The predicted octanol–water partition coefficient (Wildman–Crippen LogP) is 4.11. The van der Waals surface area contributed by atoms with Gasteiger partial charge in [0.05, 0.1) is 0 Å². The zero-order valence-electron chi connectivity index (χ0n) is 18.7. The average molecular weight is 461 g/mol. The Hall–Kier alpha value is -2.08. The molecule has 1 atom stereocenters. The van der Waals surface area contributed by atoms with Gasteiger partial charge in [-0.2, -0.15) is 0 Å². The number of carbonyl (C=O) groups is 3. The van der Waals surface area contributed by atoms with Gasteiger partial charge in [0.1, 0.15) is 0 Å². The minimum atomic E-state index is -0.427. The summed E-state index contributed by atoms with van der Waals surface area (Å²) in [6.45, 7) is 2.23. The molecule has 1 aromatic carbocycles. The zero-order valence-corrected chi connectivity index (χ0v) is 19.5. The Balaban J connectivity index is 1.12. The van der Waals surface area contributed by atoms with Crippen molar-refractivity contribution in [1.82, 2.24) is 10.6 Å². The number of rotatable bonds is 9. The summed E-state index contributed by atoms with van der Waals surface area (Å²) in [5.74, 6) is 1.63. The van der Waals surface area contributed by atoms with Gasteiger partial charge in [-0.25, -0.2) is 0 Å². The monoisotopic (exact) mass is 460 g/mol. The molecule has 0 spiro atoms. The van der Waals surface area contributed by atoms with Crippen LogP contribution in [0.5, 0.6) is 0 Å². The van der Waals surface area contributed by atoms with Crippen LogP contribution in [0, 0.1) is 23.2 Å². The Bertz CT molecular complexity index is 819. The van der Waals surface area contributed by atoms with E-state index >= 15 is 0 Å². The Morgan fingerprint density at radius 2 is 1.66 bits per heavy atom. The van der Waals surface area contributed by atoms with Crippen molar-refractivity contribution in [2.24, 2.45) is 23.2 Å². The molecule has 2 amide bonds. The van der Waals surface area contributed by atoms with Gasteiger partial charge in [-0.15, -0.1) is 0 Å². The average Bonchev–Trinajstić information content (AvgIpc) is 2.74. The first-order valence-electron chi connectivity index (χ1n) is 11.8. The van der Waals surface area contributed by atoms with E-state index in [0.717, 1.165) is 17.8 Å². The van der Waals surface area contributed by atoms with Gasteiger partial charge in [0.15, 0.2) is 6.61 Å². The quantitative estimate of drug-likeness (QED) is 0.429. The highest BCUT2D eigenvalue weighted by Gasteiger charge is 2.53. The van der Waals surface area contributed by atoms with Crippen LogP contribution in [0.1, 0.15) is 68.6 Å². The van der Waals surface area contributed by atoms with E-state index in [1.165, 1.54) is 38.5 Å². The van der Waals surface area contributed by atoms with E-state index in [4.69, 9.17) is 16.3 Å². The number of carbonyl (C=O) groups excluding carboxylic acids is 3. The molecule has 2 N–H and O–H groups in total. The maximum absolute atomic E-state index is 12.4. The van der Waals surface area contributed by atoms with E-state index < -0.39 is 5.97 Å². The largest absolute Gasteiger partial charge is 0.456 e. The molecule has 4 fully saturated rings. The minimum absolute atomic E-state index is 0.116. The second-order valence-electron chi connectivity index (χ2n) is 10.1. The molecule has 6 nitrogen and oxygen atoms in total. The van der Waals surface area contributed by atoms with Crippen molar-refractivity contribution in [3.8, 4) is 0 Å². The van der Waals surface area contributed by atoms with Gasteiger partial charge in [-0.3, -0.25) is 14.4 Å². The fraction of sp³-hybridized carbons (Fsp3) is 0.640. The lowest BCUT2D eigenvalue weighted by Crippen LogP contribution is -2.56. The molecule has 4 bridgehead atoms. The number of hydrogen-bond acceptors (Lipinski definition) is 4. The van der Waals surface area contributed by atoms with Crippen molar-refractivity contribution < 1.29 is 19.1 Å². The molecule has 0 aliphatic heterocycles. The highest BCUT2D eigenvalue weighted by atomic mass is 35.5. The van der Waals surface area contributed by atoms with E-state index in [1.54, 1.807) is 24.3 Å². The number of benzene rings is 1. The van der Waals surface area contributed by atoms with Crippen LogP contribution in [0.4, 0.5) is 0 Å². The number of ether oxygens (including phenoxy) is 1. The van der Waals surface area contributed by atoms with Crippen LogP contribution in [0.2, 0.25) is 5.02 Å². The molecule has 0 heterocycles. The SMILES string of the molecule is C[C@H](NC(=O)COC(=O)CCCNC(=O)c1ccc(Cl)cc1)C12CC3CC(CC(C3)C1)C2. The van der Waals surface area contributed by atoms with Crippen molar-refractivity contribution in [2.45, 2.75) is 64.3 Å². The van der Waals surface area contributed by atoms with Gasteiger partial charge in [-0.1, -0.05) is 11.6 Å². The lowest BCUT2D eigenvalue weighted by molar-refractivity contribution is -0.149. The van der Waals surface area contributed by atoms with Gasteiger partial charge >= 0.3 is 5.97 Å². The number of amides is 2. The van der Waals surface area contributed by atoms with Crippen LogP contribution >= 0.6 is 11.6 Å². The second-order valence-corrected chi connectivity index (χ2v) is 10.5. The maximum atomic E-state index is 12.4. The first-order chi connectivity index (χ1) is 15.3. The molecule has 7 heteroatoms. The van der Waals surface area contributed by atoms with Crippen molar-refractivity contribution in [3.63, 3.8) is 0 Å². The smallest absolute Gasteiger partial charge is 0.306 e. The van der Waals surface area contributed by atoms with Crippen LogP contribution in [-0.2, 0) is 14.3 Å². The molecule has 0 aromatic heterocycles. The molecule has 4 saturated carbocycles. The molecule has 4 aliphatic rings. The fourth-order valence-corrected chi connectivity index (χ4v) is 6.63. The van der Waals surface area contributed by atoms with E-state index in [2.05, 4.69) is 17.6 Å². The summed E-state index contributed by atoms with van der Waals surface area (Å²) in [5, 5.41) is 6.44. The third kappa shape index (κ3) is 5.45. The lowest BCUT2D eigenvalue weighted by atomic mass is 9.48. The topological polar surface area (TPSA) is 84.5 Å². The standard InChI is InChI=1S/C25H33ClN2O4/c1-16(25-12-17-9-18(13-25)11-19(10-17)14-25)28-22(29)15-32-23(30)3-2-8-27-24(31)20-4-6-21(26)7-5-20/h4-7,16-19H,2-3,8-15H2,1H3,(H,27,31)(H,28,29)/t16-,17?,18?,19?,25?/m0/s1. The third-order valence-corrected chi connectivity index (χ3v) is 7.95. The predicted molar refractivity (Wildman–Crippen MR) is 122 cm³/mol. The fourth-order valence-electron chi connectivity index (χ4n) is 6.50. The minimum Gasteiger partial charge on any atom is -0.456 e. The Morgan fingerprint density at radius 1 is 1.06 bits per heavy atom. The molecule has 4 aliphatic carbocycles. The number of esters is 1. The van der Waals surface area contributed by atoms with Crippen molar-refractivity contribution in [3.05, 3.63) is 34.9 Å². The van der Waals surface area contributed by atoms with Crippen LogP contribution in [0.3, 0.4) is 0 Å². The van der Waals surface area contributed by atoms with Gasteiger partial charge in [0, 0.05) is 29.6 Å². The Labute approximate surface area is 194 Å². The first-order valence-corrected chi connectivity index (χ1v) is 12.2. The van der Waals surface area contributed by atoms with E-state index in [9.17, 15) is 14.4 Å². The Kier molecular flexibility index (Phi) is 7.08. The lowest BCUT2D eigenvalue weighted by Gasteiger charge is -2.59. The number of nitrogens with one attached hydrogen (secondary N) is 2. The maximum Gasteiger partial charge on any atom is 0.306 e. The summed E-state index contributed by atoms with van der Waals surface area (Å²) in [4.78, 5) is 36.4. The van der Waals surface area contributed by atoms with Crippen molar-refractivity contribution in [2.75, 3.05) is 13.2 Å². The van der Waals surface area contributed by atoms with Crippen LogP contribution in [0.25, 0.3) is 0 Å². The highest BCUT2D eigenvalue weighted by molar-refractivity contribution is 6.30. The zero-order chi connectivity index (χ0) is 22.7. The van der Waals surface area contributed by atoms with E-state index in [-0.39, 0.29) is 36.3 Å². The number of hydrogen-bond donors (Lipinski definition) is 2. The van der Waals surface area contributed by atoms with Crippen molar-refractivity contribution >= 4 is 29.4 Å². The molecule has 5 rings (SSSR count). The van der Waals surface area contributed by atoms with Gasteiger partial charge < -0.3 is 15.4 Å². The van der Waals surface area contributed by atoms with Gasteiger partial charge in [0.2, 0.25) is 0 Å². The first kappa shape index (κ1) is 23.1.